The van der Waals surface area contributed by atoms with Crippen molar-refractivity contribution in [3.63, 3.8) is 0 Å². The largest absolute Gasteiger partial charge is 0.508 e. The van der Waals surface area contributed by atoms with Gasteiger partial charge in [-0.25, -0.2) is 0 Å². The van der Waals surface area contributed by atoms with Crippen LogP contribution >= 0.6 is 0 Å². The Kier molecular flexibility index (Phi) is 3.45. The number of aromatic hydroxyl groups is 1. The molecule has 0 amide bonds. The third kappa shape index (κ3) is 2.82. The molecule has 1 aromatic rings. The minimum Gasteiger partial charge on any atom is -0.508 e. The monoisotopic (exact) mass is 262 g/mol. The summed E-state index contributed by atoms with van der Waals surface area (Å²) in [7, 11) is -0.542. The normalized spacial score (nSPS) is 20.5. The molecule has 1 aliphatic heterocycles. The summed E-state index contributed by atoms with van der Waals surface area (Å²) in [5.41, 5.74) is -0.400. The van der Waals surface area contributed by atoms with Gasteiger partial charge in [-0.3, -0.25) is 4.79 Å². The van der Waals surface area contributed by atoms with Gasteiger partial charge in [-0.2, -0.15) is 0 Å². The molecule has 2 rings (SSSR count). The highest BCUT2D eigenvalue weighted by atomic mass is 16.7. The molecule has 1 aliphatic rings. The quantitative estimate of drug-likeness (QED) is 0.672. The number of Topliss-reactive ketones (excluding diaryl/α,β-unsaturated/α-hetero) is 1. The first-order chi connectivity index (χ1) is 8.71. The highest BCUT2D eigenvalue weighted by Gasteiger charge is 2.51. The molecule has 0 aliphatic carbocycles. The lowest BCUT2D eigenvalue weighted by molar-refractivity contribution is 0.00578. The van der Waals surface area contributed by atoms with Crippen LogP contribution in [0, 0.1) is 0 Å². The number of hydrogen-bond donors (Lipinski definition) is 1. The van der Waals surface area contributed by atoms with Crippen molar-refractivity contribution in [3.05, 3.63) is 29.8 Å². The van der Waals surface area contributed by atoms with Gasteiger partial charge in [0, 0.05) is 11.9 Å². The van der Waals surface area contributed by atoms with Crippen LogP contribution in [0.4, 0.5) is 0 Å². The van der Waals surface area contributed by atoms with Gasteiger partial charge in [0.2, 0.25) is 0 Å². The Morgan fingerprint density at radius 3 is 2.32 bits per heavy atom. The predicted molar refractivity (Wildman–Crippen MR) is 73.3 cm³/mol. The topological polar surface area (TPSA) is 55.8 Å². The Balaban J connectivity index is 2.06. The van der Waals surface area contributed by atoms with Crippen LogP contribution in [-0.4, -0.2) is 29.2 Å². The van der Waals surface area contributed by atoms with Crippen LogP contribution in [0.25, 0.3) is 0 Å². The number of rotatable bonds is 3. The van der Waals surface area contributed by atoms with E-state index >= 15 is 0 Å². The summed E-state index contributed by atoms with van der Waals surface area (Å²) in [6, 6.07) is 6.30. The van der Waals surface area contributed by atoms with Gasteiger partial charge in [-0.05, 0) is 39.8 Å². The molecule has 5 heteroatoms. The standard InChI is InChI=1S/C14H19BO4/c1-13(2)14(3,4)19-15(18-13)9-12(17)10-6-5-7-11(16)8-10/h5-8,16H,9H2,1-4H3. The van der Waals surface area contributed by atoms with Crippen LogP contribution in [0.2, 0.25) is 6.32 Å². The Bertz CT molecular complexity index is 480. The molecule has 19 heavy (non-hydrogen) atoms. The highest BCUT2D eigenvalue weighted by molar-refractivity contribution is 6.51. The van der Waals surface area contributed by atoms with E-state index in [9.17, 15) is 9.90 Å². The average Bonchev–Trinajstić information content (AvgIpc) is 2.46. The van der Waals surface area contributed by atoms with Crippen molar-refractivity contribution >= 4 is 12.9 Å². The first-order valence-electron chi connectivity index (χ1n) is 6.39. The second-order valence-corrected chi connectivity index (χ2v) is 5.86. The summed E-state index contributed by atoms with van der Waals surface area (Å²) in [5.74, 6) is -0.0193. The number of benzene rings is 1. The molecule has 1 heterocycles. The van der Waals surface area contributed by atoms with E-state index in [2.05, 4.69) is 0 Å². The Morgan fingerprint density at radius 1 is 1.21 bits per heavy atom. The van der Waals surface area contributed by atoms with E-state index in [0.717, 1.165) is 0 Å². The van der Waals surface area contributed by atoms with E-state index < -0.39 is 18.3 Å². The minimum absolute atomic E-state index is 0.0831. The lowest BCUT2D eigenvalue weighted by Crippen LogP contribution is -2.41. The zero-order chi connectivity index (χ0) is 14.3. The molecule has 4 nitrogen and oxygen atoms in total. The van der Waals surface area contributed by atoms with E-state index in [1.807, 2.05) is 27.7 Å². The maximum Gasteiger partial charge on any atom is 0.465 e. The van der Waals surface area contributed by atoms with Gasteiger partial charge in [0.15, 0.2) is 5.78 Å². The van der Waals surface area contributed by atoms with Gasteiger partial charge in [-0.15, -0.1) is 0 Å². The summed E-state index contributed by atoms with van der Waals surface area (Å²) in [6.45, 7) is 7.80. The van der Waals surface area contributed by atoms with Crippen molar-refractivity contribution in [1.82, 2.24) is 0 Å². The molecule has 1 fully saturated rings. The van der Waals surface area contributed by atoms with Crippen LogP contribution in [0.1, 0.15) is 38.1 Å². The van der Waals surface area contributed by atoms with Crippen molar-refractivity contribution in [2.45, 2.75) is 45.2 Å². The molecule has 0 radical (unpaired) electrons. The lowest BCUT2D eigenvalue weighted by Gasteiger charge is -2.32. The van der Waals surface area contributed by atoms with Gasteiger partial charge in [0.1, 0.15) is 5.75 Å². The zero-order valence-corrected chi connectivity index (χ0v) is 11.8. The Morgan fingerprint density at radius 2 is 1.79 bits per heavy atom. The van der Waals surface area contributed by atoms with Crippen molar-refractivity contribution in [2.75, 3.05) is 0 Å². The van der Waals surface area contributed by atoms with Gasteiger partial charge in [-0.1, -0.05) is 12.1 Å². The second kappa shape index (κ2) is 4.65. The molecule has 0 unspecified atom stereocenters. The molecule has 0 aromatic heterocycles. The van der Waals surface area contributed by atoms with Crippen molar-refractivity contribution in [2.24, 2.45) is 0 Å². The fourth-order valence-electron chi connectivity index (χ4n) is 2.00. The molecule has 0 bridgehead atoms. The summed E-state index contributed by atoms with van der Waals surface area (Å²) >= 11 is 0. The van der Waals surface area contributed by atoms with Crippen molar-refractivity contribution in [3.8, 4) is 5.75 Å². The maximum atomic E-state index is 12.1. The number of phenols is 1. The van der Waals surface area contributed by atoms with Crippen LogP contribution in [0.15, 0.2) is 24.3 Å². The molecule has 0 atom stereocenters. The fraction of sp³-hybridized carbons (Fsp3) is 0.500. The van der Waals surface area contributed by atoms with Crippen LogP contribution in [0.5, 0.6) is 5.75 Å². The van der Waals surface area contributed by atoms with E-state index in [4.69, 9.17) is 9.31 Å². The Labute approximate surface area is 113 Å². The van der Waals surface area contributed by atoms with Crippen molar-refractivity contribution < 1.29 is 19.2 Å². The number of ketones is 1. The minimum atomic E-state index is -0.542. The first kappa shape index (κ1) is 14.1. The number of carbonyl (C=O) groups excluding carboxylic acids is 1. The zero-order valence-electron chi connectivity index (χ0n) is 11.8. The van der Waals surface area contributed by atoms with E-state index in [-0.39, 0.29) is 17.9 Å². The van der Waals surface area contributed by atoms with Crippen molar-refractivity contribution in [1.29, 1.82) is 0 Å². The molecular weight excluding hydrogens is 243 g/mol. The van der Waals surface area contributed by atoms with Crippen LogP contribution < -0.4 is 0 Å². The fourth-order valence-corrected chi connectivity index (χ4v) is 2.00. The summed E-state index contributed by atoms with van der Waals surface area (Å²) in [6.07, 6.45) is 0.149. The van der Waals surface area contributed by atoms with Gasteiger partial charge >= 0.3 is 7.12 Å². The second-order valence-electron chi connectivity index (χ2n) is 5.86. The summed E-state index contributed by atoms with van der Waals surface area (Å²) < 4.78 is 11.6. The SMILES string of the molecule is CC1(C)OB(CC(=O)c2cccc(O)c2)OC1(C)C. The van der Waals surface area contributed by atoms with E-state index in [1.54, 1.807) is 12.1 Å². The average molecular weight is 262 g/mol. The number of hydrogen-bond acceptors (Lipinski definition) is 4. The summed E-state index contributed by atoms with van der Waals surface area (Å²) in [4.78, 5) is 12.1. The molecule has 1 saturated heterocycles. The number of phenolic OH excluding ortho intramolecular Hbond substituents is 1. The van der Waals surface area contributed by atoms with Crippen LogP contribution in [0.3, 0.4) is 0 Å². The lowest BCUT2D eigenvalue weighted by atomic mass is 9.80. The van der Waals surface area contributed by atoms with Gasteiger partial charge < -0.3 is 14.4 Å². The van der Waals surface area contributed by atoms with Crippen LogP contribution in [-0.2, 0) is 9.31 Å². The molecular formula is C14H19BO4. The van der Waals surface area contributed by atoms with Gasteiger partial charge in [0.05, 0.1) is 11.2 Å². The third-order valence-corrected chi connectivity index (χ3v) is 3.82. The highest BCUT2D eigenvalue weighted by Crippen LogP contribution is 2.37. The molecule has 0 spiro atoms. The van der Waals surface area contributed by atoms with E-state index in [0.29, 0.717) is 5.56 Å². The Hall–Kier alpha value is -1.33. The molecule has 0 saturated carbocycles. The third-order valence-electron chi connectivity index (χ3n) is 3.82. The number of carbonyl (C=O) groups is 1. The smallest absolute Gasteiger partial charge is 0.465 e. The molecule has 102 valence electrons. The maximum absolute atomic E-state index is 12.1. The predicted octanol–water partition coefficient (Wildman–Crippen LogP) is 2.67. The van der Waals surface area contributed by atoms with E-state index in [1.165, 1.54) is 12.1 Å². The molecule has 1 N–H and O–H groups in total. The van der Waals surface area contributed by atoms with Gasteiger partial charge in [0.25, 0.3) is 0 Å². The summed E-state index contributed by atoms with van der Waals surface area (Å²) in [5, 5.41) is 9.37. The first-order valence-corrected chi connectivity index (χ1v) is 6.39. The molecule has 1 aromatic carbocycles.